The normalized spacial score (nSPS) is 26.6. The molecule has 0 aromatic heterocycles. The van der Waals surface area contributed by atoms with Gasteiger partial charge in [-0.1, -0.05) is 64.0 Å². The first-order valence-corrected chi connectivity index (χ1v) is 13.2. The maximum atomic E-state index is 14.3. The molecule has 0 bridgehead atoms. The Morgan fingerprint density at radius 1 is 0.774 bits per heavy atom. The molecule has 0 spiro atoms. The number of ether oxygens (including phenoxy) is 2. The number of benzene rings is 1. The van der Waals surface area contributed by atoms with Gasteiger partial charge in [0.1, 0.15) is 10.8 Å². The second-order valence-corrected chi connectivity index (χ2v) is 10.3. The van der Waals surface area contributed by atoms with Crippen LogP contribution in [-0.2, 0) is 0 Å². The average Bonchev–Trinajstić information content (AvgIpc) is 2.80. The van der Waals surface area contributed by atoms with E-state index in [0.717, 1.165) is 36.5 Å². The SMILES string of the molecule is CCCOc1ccc(OCCCC2CCC(C3CCC(CCC)CC3)CC2)c(Cl)c1F. The van der Waals surface area contributed by atoms with Gasteiger partial charge in [0.25, 0.3) is 0 Å². The quantitative estimate of drug-likeness (QED) is 0.312. The van der Waals surface area contributed by atoms with Crippen LogP contribution in [0.2, 0.25) is 5.02 Å². The Morgan fingerprint density at radius 3 is 1.90 bits per heavy atom. The minimum absolute atomic E-state index is 0.0303. The second-order valence-electron chi connectivity index (χ2n) is 9.88. The lowest BCUT2D eigenvalue weighted by atomic mass is 9.68. The highest BCUT2D eigenvalue weighted by molar-refractivity contribution is 6.32. The number of hydrogen-bond acceptors (Lipinski definition) is 2. The van der Waals surface area contributed by atoms with Crippen LogP contribution in [-0.4, -0.2) is 13.2 Å². The third-order valence-corrected chi connectivity index (χ3v) is 7.99. The van der Waals surface area contributed by atoms with Crippen LogP contribution in [0.5, 0.6) is 11.5 Å². The first-order chi connectivity index (χ1) is 15.1. The summed E-state index contributed by atoms with van der Waals surface area (Å²) in [6, 6.07) is 3.33. The molecule has 0 unspecified atom stereocenters. The molecule has 2 fully saturated rings. The van der Waals surface area contributed by atoms with Crippen molar-refractivity contribution in [2.24, 2.45) is 23.7 Å². The number of rotatable bonds is 11. The van der Waals surface area contributed by atoms with Crippen LogP contribution < -0.4 is 9.47 Å². The molecule has 0 heterocycles. The van der Waals surface area contributed by atoms with E-state index >= 15 is 0 Å². The van der Waals surface area contributed by atoms with E-state index in [2.05, 4.69) is 6.92 Å². The van der Waals surface area contributed by atoms with Gasteiger partial charge in [-0.3, -0.25) is 0 Å². The predicted molar refractivity (Wildman–Crippen MR) is 128 cm³/mol. The second kappa shape index (κ2) is 12.9. The first kappa shape index (κ1) is 24.7. The summed E-state index contributed by atoms with van der Waals surface area (Å²) in [6.07, 6.45) is 17.3. The Morgan fingerprint density at radius 2 is 1.32 bits per heavy atom. The summed E-state index contributed by atoms with van der Waals surface area (Å²) in [6.45, 7) is 5.39. The summed E-state index contributed by atoms with van der Waals surface area (Å²) >= 11 is 6.14. The lowest BCUT2D eigenvalue weighted by Crippen LogP contribution is -2.26. The lowest BCUT2D eigenvalue weighted by Gasteiger charge is -2.38. The van der Waals surface area contributed by atoms with Crippen LogP contribution in [0.4, 0.5) is 4.39 Å². The molecule has 3 rings (SSSR count). The molecule has 0 aliphatic heterocycles. The zero-order valence-electron chi connectivity index (χ0n) is 19.6. The van der Waals surface area contributed by atoms with E-state index in [1.807, 2.05) is 6.92 Å². The van der Waals surface area contributed by atoms with Gasteiger partial charge in [0.15, 0.2) is 11.6 Å². The summed E-state index contributed by atoms with van der Waals surface area (Å²) in [5, 5.41) is 0.0303. The van der Waals surface area contributed by atoms with E-state index in [1.54, 1.807) is 12.1 Å². The molecule has 31 heavy (non-hydrogen) atoms. The molecule has 1 aromatic carbocycles. The molecule has 0 radical (unpaired) electrons. The fourth-order valence-corrected chi connectivity index (χ4v) is 6.02. The van der Waals surface area contributed by atoms with E-state index in [1.165, 1.54) is 70.6 Å². The largest absolute Gasteiger partial charge is 0.492 e. The van der Waals surface area contributed by atoms with Crippen molar-refractivity contribution in [3.8, 4) is 11.5 Å². The van der Waals surface area contributed by atoms with Gasteiger partial charge in [0.05, 0.1) is 13.2 Å². The van der Waals surface area contributed by atoms with Gasteiger partial charge in [-0.25, -0.2) is 4.39 Å². The van der Waals surface area contributed by atoms with Crippen molar-refractivity contribution in [1.29, 1.82) is 0 Å². The minimum Gasteiger partial charge on any atom is -0.492 e. The molecule has 2 saturated carbocycles. The van der Waals surface area contributed by atoms with E-state index in [9.17, 15) is 4.39 Å². The topological polar surface area (TPSA) is 18.5 Å². The maximum Gasteiger partial charge on any atom is 0.187 e. The molecular weight excluding hydrogens is 411 g/mol. The van der Waals surface area contributed by atoms with Crippen molar-refractivity contribution in [3.05, 3.63) is 23.0 Å². The van der Waals surface area contributed by atoms with Crippen molar-refractivity contribution in [1.82, 2.24) is 0 Å². The van der Waals surface area contributed by atoms with Crippen molar-refractivity contribution >= 4 is 11.6 Å². The summed E-state index contributed by atoms with van der Waals surface area (Å²) < 4.78 is 25.5. The summed E-state index contributed by atoms with van der Waals surface area (Å²) in [4.78, 5) is 0. The van der Waals surface area contributed by atoms with Crippen molar-refractivity contribution in [2.75, 3.05) is 13.2 Å². The number of halogens is 2. The molecular formula is C27H42ClFO2. The molecule has 2 aliphatic rings. The molecule has 4 heteroatoms. The average molecular weight is 453 g/mol. The molecule has 1 aromatic rings. The van der Waals surface area contributed by atoms with Gasteiger partial charge >= 0.3 is 0 Å². The number of hydrogen-bond donors (Lipinski definition) is 0. The van der Waals surface area contributed by atoms with Crippen LogP contribution in [0, 0.1) is 29.5 Å². The summed E-state index contributed by atoms with van der Waals surface area (Å²) in [5.74, 6) is 3.92. The fourth-order valence-electron chi connectivity index (χ4n) is 5.81. The zero-order valence-corrected chi connectivity index (χ0v) is 20.4. The van der Waals surface area contributed by atoms with Crippen LogP contribution in [0.15, 0.2) is 12.1 Å². The van der Waals surface area contributed by atoms with Gasteiger partial charge in [-0.2, -0.15) is 0 Å². The Hall–Kier alpha value is -0.960. The molecule has 2 aliphatic carbocycles. The third kappa shape index (κ3) is 7.27. The van der Waals surface area contributed by atoms with Crippen LogP contribution in [0.1, 0.15) is 97.3 Å². The zero-order chi connectivity index (χ0) is 22.1. The highest BCUT2D eigenvalue weighted by atomic mass is 35.5. The maximum absolute atomic E-state index is 14.3. The van der Waals surface area contributed by atoms with Crippen LogP contribution in [0.25, 0.3) is 0 Å². The van der Waals surface area contributed by atoms with Gasteiger partial charge < -0.3 is 9.47 Å². The first-order valence-electron chi connectivity index (χ1n) is 12.9. The molecule has 0 saturated heterocycles. The monoisotopic (exact) mass is 452 g/mol. The predicted octanol–water partition coefficient (Wildman–Crippen LogP) is 8.84. The lowest BCUT2D eigenvalue weighted by molar-refractivity contribution is 0.138. The van der Waals surface area contributed by atoms with Gasteiger partial charge in [-0.15, -0.1) is 0 Å². The standard InChI is InChI=1S/C27H42ClFO2/c1-3-6-20-8-12-22(13-9-20)23-14-10-21(11-15-23)7-5-19-31-24-16-17-25(30-18-4-2)27(29)26(24)28/h16-17,20-23H,3-15,18-19H2,1-2H3. The molecule has 176 valence electrons. The molecule has 0 amide bonds. The van der Waals surface area contributed by atoms with Crippen LogP contribution >= 0.6 is 11.6 Å². The summed E-state index contributed by atoms with van der Waals surface area (Å²) in [5.41, 5.74) is 0. The molecule has 0 atom stereocenters. The Bertz CT molecular complexity index is 649. The van der Waals surface area contributed by atoms with E-state index in [4.69, 9.17) is 21.1 Å². The van der Waals surface area contributed by atoms with Gasteiger partial charge in [-0.05, 0) is 80.8 Å². The Labute approximate surface area is 194 Å². The molecule has 2 nitrogen and oxygen atoms in total. The highest BCUT2D eigenvalue weighted by Gasteiger charge is 2.30. The van der Waals surface area contributed by atoms with Crippen molar-refractivity contribution < 1.29 is 13.9 Å². The van der Waals surface area contributed by atoms with Crippen molar-refractivity contribution in [3.63, 3.8) is 0 Å². The highest BCUT2D eigenvalue weighted by Crippen LogP contribution is 2.43. The molecule has 0 N–H and O–H groups in total. The Balaban J connectivity index is 1.32. The van der Waals surface area contributed by atoms with E-state index < -0.39 is 5.82 Å². The minimum atomic E-state index is -0.519. The van der Waals surface area contributed by atoms with E-state index in [-0.39, 0.29) is 10.8 Å². The van der Waals surface area contributed by atoms with Gasteiger partial charge in [0, 0.05) is 0 Å². The van der Waals surface area contributed by atoms with Crippen LogP contribution in [0.3, 0.4) is 0 Å². The van der Waals surface area contributed by atoms with Crippen molar-refractivity contribution in [2.45, 2.75) is 97.3 Å². The van der Waals surface area contributed by atoms with E-state index in [0.29, 0.717) is 19.0 Å². The fraction of sp³-hybridized carbons (Fsp3) is 0.778. The van der Waals surface area contributed by atoms with Gasteiger partial charge in [0.2, 0.25) is 0 Å². The smallest absolute Gasteiger partial charge is 0.187 e. The Kier molecular flexibility index (Phi) is 10.3. The summed E-state index contributed by atoms with van der Waals surface area (Å²) in [7, 11) is 0. The third-order valence-electron chi connectivity index (χ3n) is 7.63.